The molecule has 658 valence electrons. The predicted molar refractivity (Wildman–Crippen MR) is 472 cm³/mol. The van der Waals surface area contributed by atoms with E-state index in [1.807, 2.05) is 66.9 Å². The molecule has 4 amide bonds. The van der Waals surface area contributed by atoms with Crippen LogP contribution in [0.1, 0.15) is 174 Å². The average Bonchev–Trinajstić information content (AvgIpc) is 0.808. The minimum absolute atomic E-state index is 0.0134. The van der Waals surface area contributed by atoms with Crippen molar-refractivity contribution in [2.75, 3.05) is 78.9 Å². The second kappa shape index (κ2) is 48.0. The van der Waals surface area contributed by atoms with Crippen LogP contribution >= 0.6 is 0 Å². The summed E-state index contributed by atoms with van der Waals surface area (Å²) in [5, 5.41) is 39.4. The smallest absolute Gasteiger partial charge is 0.272 e. The summed E-state index contributed by atoms with van der Waals surface area (Å²) in [5.74, 6) is -1.77. The highest BCUT2D eigenvalue weighted by molar-refractivity contribution is 5.96. The quantitative estimate of drug-likeness (QED) is 0.0290. The Kier molecular flexibility index (Phi) is 35.3. The number of alkyl halides is 2. The van der Waals surface area contributed by atoms with Gasteiger partial charge in [-0.2, -0.15) is 20.4 Å². The highest BCUT2D eigenvalue weighted by Gasteiger charge is 2.30. The number of nitrogens with two attached hydrogens (primary N) is 1. The van der Waals surface area contributed by atoms with E-state index in [9.17, 15) is 55.9 Å². The highest BCUT2D eigenvalue weighted by atomic mass is 19.1. The Bertz CT molecular complexity index is 5600. The molecule has 2 unspecified atom stereocenters. The molecule has 2 saturated heterocycles. The average molecular weight is 1720 g/mol. The lowest BCUT2D eigenvalue weighted by Crippen LogP contribution is -2.50. The summed E-state index contributed by atoms with van der Waals surface area (Å²) < 4.78 is 65.3. The third-order valence-electron chi connectivity index (χ3n) is 23.0. The number of H-pyrrole nitrogens is 2. The lowest BCUT2D eigenvalue weighted by Gasteiger charge is -2.35. The molecule has 6 heterocycles. The van der Waals surface area contributed by atoms with E-state index in [0.717, 1.165) is 74.6 Å². The number of aryl methyl sites for hydroxylation is 3. The molecule has 4 N–H and O–H groups in total. The second-order valence-corrected chi connectivity index (χ2v) is 31.6. The van der Waals surface area contributed by atoms with E-state index in [0.29, 0.717) is 140 Å². The summed E-state index contributed by atoms with van der Waals surface area (Å²) in [6, 6.07) is 49.8. The molecular formula is C97H107F4N15O10. The molecule has 11 aromatic rings. The van der Waals surface area contributed by atoms with Gasteiger partial charge in [-0.1, -0.05) is 140 Å². The number of Topliss-reactive ketones (excluding diaryl/α,β-unsaturated/α-hetero) is 2. The zero-order valence-electron chi connectivity index (χ0n) is 70.8. The minimum Gasteiger partial charge on any atom is -0.375 e. The number of carbonyl (C=O) groups is 6. The lowest BCUT2D eigenvalue weighted by atomic mass is 9.90. The van der Waals surface area contributed by atoms with Crippen LogP contribution in [0, 0.1) is 11.6 Å². The van der Waals surface area contributed by atoms with Gasteiger partial charge in [-0.05, 0) is 164 Å². The van der Waals surface area contributed by atoms with E-state index in [1.165, 1.54) is 64.8 Å². The number of ketones is 2. The molecule has 2 aliphatic carbocycles. The predicted octanol–water partition coefficient (Wildman–Crippen LogP) is 14.0. The number of hydrogen-bond acceptors (Lipinski definition) is 19. The number of nitrogens with zero attached hydrogens (tertiary/aromatic N) is 12. The van der Waals surface area contributed by atoms with Gasteiger partial charge < -0.3 is 34.8 Å². The van der Waals surface area contributed by atoms with Crippen molar-refractivity contribution in [2.24, 2.45) is 5.73 Å². The van der Waals surface area contributed by atoms with Crippen LogP contribution in [-0.2, 0) is 73.7 Å². The first-order valence-electron chi connectivity index (χ1n) is 43.4. The SMILES string of the molecule is NCc1ccc(-c2ccccc2)cc1.O=C(CCCC(=O)N1CCN(C(=O)c2cc(Cc3n[nH]c(=O)c4ccccc34)ccc2F)CC1)CCc1ccc(-c2nncc3c2CCC(OCC[18F])CCC3)cc1.O=C(CCCC(=O)N1CCN(C(=O)c2cc(Cc3n[nH]c(=O)c4ccccc34)ccc2F)CC1)CCc1nncnn1.[18F]CCOC1CC/C=C/CCC1. The van der Waals surface area contributed by atoms with Gasteiger partial charge in [0.2, 0.25) is 11.8 Å². The standard InChI is InChI=1S/C45H48F2N6O5.C29H29FN8O4.C13H13N.C10H17FO/c46-21-26-58-35-7-3-5-33-29-48-50-43(36(33)19-18-35)32-15-11-30(12-16-32)13-17-34(54)6-4-10-42(55)52-22-24-53(25-23-52)45(57)39-27-31(14-20-40(39)47)28-41-37-8-1-2-9-38(37)44(56)51-49-41;30-24-10-8-19(17-25-21-5-1-2-6-22(21)28(41)36-33-25)16-23(24)29(42)38-14-12-37(13-15-38)27(40)7-3-4-20(39)9-11-26-34-31-18-32-35-26;14-10-11-6-8-13(9-7-11)12-4-2-1-3-5-12;11-8-9-12-10-6-4-2-1-3-5-7-10/h1-2,8-9,11-12,14-16,20,27,29,35H,3-7,10,13,17-19,21-26,28H2,(H,51,56);1-2,5-6,8,10,16,18H,3-4,7,9,11-15,17H2,(H,36,41);1-9H,10,14H2;1-2,10H,3-9H2/b;;;2-1+/i46-1;;;11-1. The van der Waals surface area contributed by atoms with Gasteiger partial charge >= 0.3 is 0 Å². The number of nitrogens with one attached hydrogen (secondary N) is 2. The fourth-order valence-corrected chi connectivity index (χ4v) is 16.0. The number of halogens is 4. The largest absolute Gasteiger partial charge is 0.375 e. The monoisotopic (exact) mass is 1720 g/mol. The van der Waals surface area contributed by atoms with Crippen LogP contribution in [0.3, 0.4) is 0 Å². The van der Waals surface area contributed by atoms with E-state index in [2.05, 4.69) is 99.5 Å². The summed E-state index contributed by atoms with van der Waals surface area (Å²) in [4.78, 5) is 108. The van der Waals surface area contributed by atoms with Crippen molar-refractivity contribution in [3.05, 3.63) is 283 Å². The molecule has 15 rings (SSSR count). The Labute approximate surface area is 729 Å². The van der Waals surface area contributed by atoms with Crippen molar-refractivity contribution in [2.45, 2.75) is 160 Å². The molecule has 0 bridgehead atoms. The van der Waals surface area contributed by atoms with Crippen molar-refractivity contribution in [1.82, 2.24) is 70.6 Å². The maximum atomic E-state index is 15.0. The summed E-state index contributed by atoms with van der Waals surface area (Å²) >= 11 is 0. The number of aromatic amines is 2. The molecule has 29 heteroatoms. The van der Waals surface area contributed by atoms with E-state index < -0.39 is 30.1 Å². The fraction of sp³-hybridized carbons (Fsp3) is 0.381. The zero-order chi connectivity index (χ0) is 88.4. The number of fused-ring (bicyclic) bond motifs is 3. The van der Waals surface area contributed by atoms with Crippen LogP contribution in [0.5, 0.6) is 0 Å². The van der Waals surface area contributed by atoms with Crippen LogP contribution in [0.15, 0.2) is 198 Å². The Hall–Kier alpha value is -12.6. The van der Waals surface area contributed by atoms with Crippen molar-refractivity contribution < 1.29 is 55.8 Å². The van der Waals surface area contributed by atoms with E-state index >= 15 is 0 Å². The number of ether oxygens (including phenoxy) is 2. The molecule has 25 nitrogen and oxygen atoms in total. The Morgan fingerprint density at radius 2 is 0.921 bits per heavy atom. The van der Waals surface area contributed by atoms with Gasteiger partial charge in [0.05, 0.1) is 70.6 Å². The molecule has 2 atom stereocenters. The van der Waals surface area contributed by atoms with Crippen LogP contribution < -0.4 is 16.9 Å². The van der Waals surface area contributed by atoms with Crippen LogP contribution in [0.4, 0.5) is 17.6 Å². The summed E-state index contributed by atoms with van der Waals surface area (Å²) in [7, 11) is 0. The number of piperazine rings is 2. The highest BCUT2D eigenvalue weighted by Crippen LogP contribution is 2.31. The molecule has 126 heavy (non-hydrogen) atoms. The number of aromatic nitrogens is 10. The molecule has 0 spiro atoms. The molecule has 2 fully saturated rings. The molecule has 4 aliphatic rings. The fourth-order valence-electron chi connectivity index (χ4n) is 16.0. The van der Waals surface area contributed by atoms with E-state index in [4.69, 9.17) is 15.2 Å². The first kappa shape index (κ1) is 92.6. The number of benzene rings is 7. The molecule has 0 saturated carbocycles. The minimum atomic E-state index is -0.628. The first-order valence-corrected chi connectivity index (χ1v) is 43.4. The number of carbonyl (C=O) groups excluding carboxylic acids is 6. The molecule has 2 aliphatic heterocycles. The summed E-state index contributed by atoms with van der Waals surface area (Å²) in [6.45, 7) is 2.60. The number of rotatable bonds is 29. The van der Waals surface area contributed by atoms with Crippen LogP contribution in [0.2, 0.25) is 0 Å². The van der Waals surface area contributed by atoms with Gasteiger partial charge in [0.15, 0.2) is 12.2 Å². The van der Waals surface area contributed by atoms with Crippen LogP contribution in [-0.4, -0.2) is 197 Å². The van der Waals surface area contributed by atoms with Crippen LogP contribution in [0.25, 0.3) is 43.9 Å². The van der Waals surface area contributed by atoms with Crippen molar-refractivity contribution in [3.63, 3.8) is 0 Å². The van der Waals surface area contributed by atoms with E-state index in [-0.39, 0.29) is 123 Å². The van der Waals surface area contributed by atoms with E-state index in [1.54, 1.807) is 62.1 Å². The molecule has 4 aromatic heterocycles. The number of allylic oxidation sites excluding steroid dienone is 2. The Morgan fingerprint density at radius 1 is 0.452 bits per heavy atom. The molecule has 0 radical (unpaired) electrons. The third-order valence-corrected chi connectivity index (χ3v) is 23.0. The lowest BCUT2D eigenvalue weighted by molar-refractivity contribution is -0.133. The second-order valence-electron chi connectivity index (χ2n) is 31.6. The number of amides is 4. The molecule has 7 aromatic carbocycles. The van der Waals surface area contributed by atoms with Crippen molar-refractivity contribution >= 4 is 56.7 Å². The zero-order valence-corrected chi connectivity index (χ0v) is 70.8. The van der Waals surface area contributed by atoms with Gasteiger partial charge in [-0.25, -0.2) is 27.8 Å². The normalized spacial score (nSPS) is 15.5. The third kappa shape index (κ3) is 27.0. The summed E-state index contributed by atoms with van der Waals surface area (Å²) in [5.41, 5.74) is 16.3. The van der Waals surface area contributed by atoms with Crippen molar-refractivity contribution in [3.8, 4) is 22.4 Å². The van der Waals surface area contributed by atoms with Crippen molar-refractivity contribution in [1.29, 1.82) is 0 Å². The topological polar surface area (TPSA) is 329 Å². The maximum absolute atomic E-state index is 15.0. The van der Waals surface area contributed by atoms with Gasteiger partial charge in [0, 0.05) is 133 Å². The number of hydrogen-bond donors (Lipinski definition) is 3. The maximum Gasteiger partial charge on any atom is 0.272 e. The Morgan fingerprint density at radius 3 is 1.46 bits per heavy atom. The van der Waals surface area contributed by atoms with Gasteiger partial charge in [-0.3, -0.25) is 38.4 Å². The first-order chi connectivity index (χ1) is 61.5. The van der Waals surface area contributed by atoms with Gasteiger partial charge in [0.25, 0.3) is 22.9 Å². The summed E-state index contributed by atoms with van der Waals surface area (Å²) in [6.07, 6.45) is 21.9. The molecular weight excluding hydrogens is 1610 g/mol. The van der Waals surface area contributed by atoms with Gasteiger partial charge in [0.1, 0.15) is 36.6 Å². The Balaban J connectivity index is 0.000000182. The van der Waals surface area contributed by atoms with Gasteiger partial charge in [-0.15, -0.1) is 20.4 Å².